The van der Waals surface area contributed by atoms with E-state index in [-0.39, 0.29) is 5.91 Å². The Hall–Kier alpha value is -2.73. The van der Waals surface area contributed by atoms with Crippen LogP contribution < -0.4 is 5.32 Å². The van der Waals surface area contributed by atoms with Crippen molar-refractivity contribution in [1.82, 2.24) is 19.9 Å². The molecule has 3 aromatic rings. The lowest BCUT2D eigenvalue weighted by molar-refractivity contribution is -0.121. The maximum absolute atomic E-state index is 12.0. The average Bonchev–Trinajstić information content (AvgIpc) is 2.99. The van der Waals surface area contributed by atoms with Crippen LogP contribution in [0.25, 0.3) is 11.2 Å². The van der Waals surface area contributed by atoms with Crippen LogP contribution in [-0.4, -0.2) is 40.7 Å². The molecule has 0 saturated carbocycles. The third-order valence-electron chi connectivity index (χ3n) is 3.97. The fourth-order valence-corrected chi connectivity index (χ4v) is 2.73. The molecule has 0 spiro atoms. The zero-order valence-corrected chi connectivity index (χ0v) is 14.3. The highest BCUT2D eigenvalue weighted by Crippen LogP contribution is 2.17. The quantitative estimate of drug-likeness (QED) is 0.639. The number of amides is 1. The predicted molar refractivity (Wildman–Crippen MR) is 96.3 cm³/mol. The number of nitrogens with zero attached hydrogens (tertiary/aromatic N) is 3. The second-order valence-electron chi connectivity index (χ2n) is 5.79. The standard InChI is InChI=1S/C19H22N4O2/c1-25-13-12-20-18(24)10-9-17-22-16-8-5-11-21-19(16)23(17)14-15-6-3-2-4-7-15/h2-8,11H,9-10,12-14H2,1H3,(H,20,24). The van der Waals surface area contributed by atoms with Crippen molar-refractivity contribution in [2.75, 3.05) is 20.3 Å². The molecule has 0 radical (unpaired) electrons. The minimum absolute atomic E-state index is 0.00308. The fourth-order valence-electron chi connectivity index (χ4n) is 2.73. The molecule has 1 amide bonds. The molecule has 2 heterocycles. The Bertz CT molecular complexity index is 830. The number of aryl methyl sites for hydroxylation is 1. The van der Waals surface area contributed by atoms with Crippen molar-refractivity contribution in [3.05, 3.63) is 60.0 Å². The van der Waals surface area contributed by atoms with Crippen LogP contribution in [0.3, 0.4) is 0 Å². The zero-order valence-electron chi connectivity index (χ0n) is 14.3. The van der Waals surface area contributed by atoms with Gasteiger partial charge in [-0.2, -0.15) is 0 Å². The molecule has 25 heavy (non-hydrogen) atoms. The smallest absolute Gasteiger partial charge is 0.220 e. The second kappa shape index (κ2) is 8.39. The van der Waals surface area contributed by atoms with E-state index in [1.807, 2.05) is 30.3 Å². The van der Waals surface area contributed by atoms with Gasteiger partial charge in [0.25, 0.3) is 0 Å². The van der Waals surface area contributed by atoms with E-state index >= 15 is 0 Å². The van der Waals surface area contributed by atoms with Crippen LogP contribution in [-0.2, 0) is 22.5 Å². The van der Waals surface area contributed by atoms with E-state index in [4.69, 9.17) is 4.74 Å². The number of rotatable bonds is 8. The van der Waals surface area contributed by atoms with Crippen molar-refractivity contribution >= 4 is 17.1 Å². The Morgan fingerprint density at radius 2 is 2.04 bits per heavy atom. The molecule has 6 heteroatoms. The molecule has 0 unspecified atom stereocenters. The fraction of sp³-hybridized carbons (Fsp3) is 0.316. The number of ether oxygens (including phenoxy) is 1. The van der Waals surface area contributed by atoms with E-state index < -0.39 is 0 Å². The van der Waals surface area contributed by atoms with E-state index in [2.05, 4.69) is 32.0 Å². The first kappa shape index (κ1) is 17.1. The summed E-state index contributed by atoms with van der Waals surface area (Å²) in [5, 5.41) is 2.84. The maximum atomic E-state index is 12.0. The second-order valence-corrected chi connectivity index (χ2v) is 5.79. The summed E-state index contributed by atoms with van der Waals surface area (Å²) in [6, 6.07) is 14.0. The number of nitrogens with one attached hydrogen (secondary N) is 1. The number of aromatic nitrogens is 3. The monoisotopic (exact) mass is 338 g/mol. The molecular formula is C19H22N4O2. The van der Waals surface area contributed by atoms with Gasteiger partial charge in [-0.05, 0) is 17.7 Å². The highest BCUT2D eigenvalue weighted by Gasteiger charge is 2.13. The van der Waals surface area contributed by atoms with Gasteiger partial charge in [-0.15, -0.1) is 0 Å². The summed E-state index contributed by atoms with van der Waals surface area (Å²) < 4.78 is 7.03. The molecule has 0 aliphatic rings. The Kier molecular flexibility index (Phi) is 5.74. The number of carbonyl (C=O) groups is 1. The van der Waals surface area contributed by atoms with Crippen molar-refractivity contribution in [2.24, 2.45) is 0 Å². The first-order valence-corrected chi connectivity index (χ1v) is 8.37. The number of benzene rings is 1. The summed E-state index contributed by atoms with van der Waals surface area (Å²) in [5.41, 5.74) is 2.88. The van der Waals surface area contributed by atoms with Gasteiger partial charge >= 0.3 is 0 Å². The van der Waals surface area contributed by atoms with Crippen LogP contribution in [0.4, 0.5) is 0 Å². The van der Waals surface area contributed by atoms with E-state index in [0.29, 0.717) is 32.5 Å². The molecule has 0 fully saturated rings. The van der Waals surface area contributed by atoms with Crippen molar-refractivity contribution < 1.29 is 9.53 Å². The highest BCUT2D eigenvalue weighted by molar-refractivity contribution is 5.76. The SMILES string of the molecule is COCCNC(=O)CCc1nc2cccnc2n1Cc1ccccc1. The molecule has 6 nitrogen and oxygen atoms in total. The van der Waals surface area contributed by atoms with E-state index in [0.717, 1.165) is 17.0 Å². The third kappa shape index (κ3) is 4.42. The lowest BCUT2D eigenvalue weighted by Gasteiger charge is -2.09. The molecule has 1 aromatic carbocycles. The molecule has 3 rings (SSSR count). The van der Waals surface area contributed by atoms with Crippen LogP contribution in [0, 0.1) is 0 Å². The van der Waals surface area contributed by atoms with Gasteiger partial charge in [-0.3, -0.25) is 4.79 Å². The first-order chi connectivity index (χ1) is 12.3. The molecule has 2 aromatic heterocycles. The Labute approximate surface area is 146 Å². The van der Waals surface area contributed by atoms with Gasteiger partial charge in [0, 0.05) is 32.7 Å². The molecule has 1 N–H and O–H groups in total. The highest BCUT2D eigenvalue weighted by atomic mass is 16.5. The summed E-state index contributed by atoms with van der Waals surface area (Å²) in [6.45, 7) is 1.73. The molecule has 0 aliphatic heterocycles. The van der Waals surface area contributed by atoms with Gasteiger partial charge in [0.2, 0.25) is 5.91 Å². The maximum Gasteiger partial charge on any atom is 0.220 e. The number of methoxy groups -OCH3 is 1. The minimum Gasteiger partial charge on any atom is -0.383 e. The number of hydrogen-bond donors (Lipinski definition) is 1. The normalized spacial score (nSPS) is 10.9. The van der Waals surface area contributed by atoms with E-state index in [9.17, 15) is 4.79 Å². The Morgan fingerprint density at radius 3 is 2.84 bits per heavy atom. The van der Waals surface area contributed by atoms with Gasteiger partial charge in [-0.25, -0.2) is 9.97 Å². The van der Waals surface area contributed by atoms with Crippen molar-refractivity contribution in [3.8, 4) is 0 Å². The summed E-state index contributed by atoms with van der Waals surface area (Å²) in [4.78, 5) is 21.1. The molecule has 0 aliphatic carbocycles. The van der Waals surface area contributed by atoms with Crippen molar-refractivity contribution in [2.45, 2.75) is 19.4 Å². The van der Waals surface area contributed by atoms with Gasteiger partial charge in [0.15, 0.2) is 5.65 Å². The number of imidazole rings is 1. The van der Waals surface area contributed by atoms with Gasteiger partial charge in [-0.1, -0.05) is 30.3 Å². The number of carbonyl (C=O) groups excluding carboxylic acids is 1. The molecule has 0 saturated heterocycles. The minimum atomic E-state index is 0.00308. The van der Waals surface area contributed by atoms with Gasteiger partial charge in [0.1, 0.15) is 11.3 Å². The lowest BCUT2D eigenvalue weighted by Crippen LogP contribution is -2.27. The summed E-state index contributed by atoms with van der Waals surface area (Å²) in [6.07, 6.45) is 2.73. The number of hydrogen-bond acceptors (Lipinski definition) is 4. The van der Waals surface area contributed by atoms with Crippen LogP contribution in [0.5, 0.6) is 0 Å². The van der Waals surface area contributed by atoms with E-state index in [1.54, 1.807) is 13.3 Å². The largest absolute Gasteiger partial charge is 0.383 e. The Balaban J connectivity index is 1.77. The van der Waals surface area contributed by atoms with Crippen molar-refractivity contribution in [1.29, 1.82) is 0 Å². The average molecular weight is 338 g/mol. The summed E-state index contributed by atoms with van der Waals surface area (Å²) in [5.74, 6) is 0.878. The number of pyridine rings is 1. The van der Waals surface area contributed by atoms with Crippen molar-refractivity contribution in [3.63, 3.8) is 0 Å². The molecule has 0 bridgehead atoms. The van der Waals surface area contributed by atoms with Gasteiger partial charge < -0.3 is 14.6 Å². The predicted octanol–water partition coefficient (Wildman–Crippen LogP) is 2.17. The van der Waals surface area contributed by atoms with E-state index in [1.165, 1.54) is 5.56 Å². The summed E-state index contributed by atoms with van der Waals surface area (Å²) >= 11 is 0. The Morgan fingerprint density at radius 1 is 1.20 bits per heavy atom. The molecule has 130 valence electrons. The first-order valence-electron chi connectivity index (χ1n) is 8.37. The van der Waals surface area contributed by atoms with Crippen LogP contribution >= 0.6 is 0 Å². The summed E-state index contributed by atoms with van der Waals surface area (Å²) in [7, 11) is 1.62. The lowest BCUT2D eigenvalue weighted by atomic mass is 10.2. The van der Waals surface area contributed by atoms with Crippen LogP contribution in [0.1, 0.15) is 17.8 Å². The topological polar surface area (TPSA) is 69.0 Å². The zero-order chi connectivity index (χ0) is 17.5. The molecule has 0 atom stereocenters. The number of fused-ring (bicyclic) bond motifs is 1. The van der Waals surface area contributed by atoms with Crippen LogP contribution in [0.2, 0.25) is 0 Å². The van der Waals surface area contributed by atoms with Gasteiger partial charge in [0.05, 0.1) is 13.2 Å². The molecular weight excluding hydrogens is 316 g/mol. The third-order valence-corrected chi connectivity index (χ3v) is 3.97. The van der Waals surface area contributed by atoms with Crippen LogP contribution in [0.15, 0.2) is 48.7 Å².